The molecule has 2 amide bonds. The van der Waals surface area contributed by atoms with Crippen LogP contribution in [0.25, 0.3) is 0 Å². The summed E-state index contributed by atoms with van der Waals surface area (Å²) in [6.07, 6.45) is 3.19. The maximum Gasteiger partial charge on any atom is 0.335 e. The van der Waals surface area contributed by atoms with Crippen LogP contribution in [0.3, 0.4) is 0 Å². The molecular weight excluding hydrogens is 382 g/mol. The van der Waals surface area contributed by atoms with E-state index in [1.807, 2.05) is 0 Å². The highest BCUT2D eigenvalue weighted by Crippen LogP contribution is 2.54. The lowest BCUT2D eigenvalue weighted by Crippen LogP contribution is -2.42. The lowest BCUT2D eigenvalue weighted by atomic mass is 9.73. The highest BCUT2D eigenvalue weighted by molar-refractivity contribution is 7.07. The summed E-state index contributed by atoms with van der Waals surface area (Å²) >= 11 is 1.39. The molecule has 4 atom stereocenters. The number of likely N-dealkylation sites (tertiary alicyclic amines) is 1. The summed E-state index contributed by atoms with van der Waals surface area (Å²) in [6.45, 7) is 1.62. The Balaban J connectivity index is 1.29. The molecule has 2 aromatic rings. The van der Waals surface area contributed by atoms with E-state index in [9.17, 15) is 14.4 Å². The Labute approximate surface area is 164 Å². The highest BCUT2D eigenvalue weighted by Gasteiger charge is 2.63. The molecule has 1 N–H and O–H groups in total. The quantitative estimate of drug-likeness (QED) is 0.825. The Kier molecular flexibility index (Phi) is 4.09. The fourth-order valence-electron chi connectivity index (χ4n) is 4.91. The van der Waals surface area contributed by atoms with E-state index >= 15 is 0 Å². The van der Waals surface area contributed by atoms with E-state index in [0.29, 0.717) is 30.9 Å². The first-order valence-electron chi connectivity index (χ1n) is 9.28. The smallest absolute Gasteiger partial charge is 0.335 e. The molecule has 5 heterocycles. The minimum atomic E-state index is -0.480. The number of nitrogens with zero attached hydrogens (tertiary/aromatic N) is 2. The highest BCUT2D eigenvalue weighted by atomic mass is 32.1. The molecule has 3 fully saturated rings. The second-order valence-corrected chi connectivity index (χ2v) is 8.36. The fraction of sp³-hybridized carbons (Fsp3) is 0.474. The first-order chi connectivity index (χ1) is 13.6. The average molecular weight is 401 g/mol. The molecule has 1 spiro atoms. The van der Waals surface area contributed by atoms with Crippen molar-refractivity contribution >= 4 is 23.2 Å². The van der Waals surface area contributed by atoms with Crippen LogP contribution in [0.15, 0.2) is 38.5 Å². The zero-order chi connectivity index (χ0) is 19.3. The fourth-order valence-corrected chi connectivity index (χ4v) is 5.44. The van der Waals surface area contributed by atoms with Gasteiger partial charge in [0.15, 0.2) is 0 Å². The van der Waals surface area contributed by atoms with Crippen LogP contribution in [0.2, 0.25) is 0 Å². The molecule has 3 aliphatic heterocycles. The summed E-state index contributed by atoms with van der Waals surface area (Å²) in [5.41, 5.74) is 1.62. The number of nitrogens with one attached hydrogen (secondary N) is 1. The Morgan fingerprint density at radius 1 is 1.39 bits per heavy atom. The van der Waals surface area contributed by atoms with Gasteiger partial charge in [-0.05, 0) is 18.9 Å². The second kappa shape index (κ2) is 6.52. The summed E-state index contributed by atoms with van der Waals surface area (Å²) < 4.78 is 11.1. The van der Waals surface area contributed by atoms with Crippen molar-refractivity contribution < 1.29 is 18.7 Å². The van der Waals surface area contributed by atoms with Crippen LogP contribution >= 0.6 is 11.3 Å². The normalized spacial score (nSPS) is 30.4. The molecule has 2 bridgehead atoms. The van der Waals surface area contributed by atoms with E-state index in [1.165, 1.54) is 29.7 Å². The van der Waals surface area contributed by atoms with Gasteiger partial charge in [-0.2, -0.15) is 0 Å². The van der Waals surface area contributed by atoms with E-state index in [0.717, 1.165) is 12.8 Å². The lowest BCUT2D eigenvalue weighted by molar-refractivity contribution is 0.00314. The molecule has 0 unspecified atom stereocenters. The van der Waals surface area contributed by atoms with Gasteiger partial charge < -0.3 is 19.4 Å². The van der Waals surface area contributed by atoms with Gasteiger partial charge in [-0.3, -0.25) is 9.59 Å². The van der Waals surface area contributed by atoms with Gasteiger partial charge >= 0.3 is 5.63 Å². The molecule has 3 aliphatic rings. The third-order valence-electron chi connectivity index (χ3n) is 6.18. The van der Waals surface area contributed by atoms with Gasteiger partial charge in [-0.1, -0.05) is 0 Å². The van der Waals surface area contributed by atoms with Crippen LogP contribution < -0.4 is 10.9 Å². The summed E-state index contributed by atoms with van der Waals surface area (Å²) in [6, 6.07) is 2.74. The van der Waals surface area contributed by atoms with Gasteiger partial charge in [-0.15, -0.1) is 11.3 Å². The molecule has 146 valence electrons. The van der Waals surface area contributed by atoms with Crippen molar-refractivity contribution in [2.45, 2.75) is 24.5 Å². The van der Waals surface area contributed by atoms with E-state index in [2.05, 4.69) is 10.3 Å². The predicted octanol–water partition coefficient (Wildman–Crippen LogP) is 1.15. The number of ether oxygens (including phenoxy) is 1. The molecule has 0 radical (unpaired) electrons. The summed E-state index contributed by atoms with van der Waals surface area (Å²) in [7, 11) is 0. The number of hydrogen-bond acceptors (Lipinski definition) is 7. The summed E-state index contributed by atoms with van der Waals surface area (Å²) in [5, 5.41) is 4.70. The number of carbonyl (C=O) groups excluding carboxylic acids is 2. The molecule has 0 saturated carbocycles. The molecule has 8 nitrogen and oxygen atoms in total. The third-order valence-corrected chi connectivity index (χ3v) is 6.77. The van der Waals surface area contributed by atoms with Crippen LogP contribution in [0.5, 0.6) is 0 Å². The minimum Gasteiger partial charge on any atom is -0.430 e. The maximum atomic E-state index is 12.8. The topological polar surface area (TPSA) is 102 Å². The molecule has 9 heteroatoms. The SMILES string of the molecule is O=C(NC[C@H]1[C@H]2CN(C(=O)c3ccc(=O)oc3)C[C@]23CC[C@H]1O3)c1cscn1. The van der Waals surface area contributed by atoms with Crippen molar-refractivity contribution in [1.82, 2.24) is 15.2 Å². The van der Waals surface area contributed by atoms with E-state index in [4.69, 9.17) is 9.15 Å². The predicted molar refractivity (Wildman–Crippen MR) is 99.1 cm³/mol. The molecule has 0 aromatic carbocycles. The molecule has 3 saturated heterocycles. The van der Waals surface area contributed by atoms with Crippen molar-refractivity contribution in [2.75, 3.05) is 19.6 Å². The standard InChI is InChI=1S/C19H19N3O5S/c23-16-2-1-11(7-26-16)18(25)22-6-13-12(15-3-4-19(13,9-22)27-15)5-20-17(24)14-8-28-10-21-14/h1-2,7-8,10,12-13,15H,3-6,9H2,(H,20,24)/t12-,13+,15+,19+/m0/s1. The van der Waals surface area contributed by atoms with Crippen molar-refractivity contribution in [1.29, 1.82) is 0 Å². The summed E-state index contributed by atoms with van der Waals surface area (Å²) in [5.74, 6) is 0.0117. The number of carbonyl (C=O) groups is 2. The zero-order valence-corrected chi connectivity index (χ0v) is 15.8. The van der Waals surface area contributed by atoms with Gasteiger partial charge in [0.25, 0.3) is 11.8 Å². The van der Waals surface area contributed by atoms with E-state index in [1.54, 1.807) is 15.8 Å². The number of hydrogen-bond donors (Lipinski definition) is 1. The molecule has 2 aromatic heterocycles. The number of rotatable bonds is 4. The van der Waals surface area contributed by atoms with Crippen molar-refractivity contribution in [3.8, 4) is 0 Å². The van der Waals surface area contributed by atoms with Gasteiger partial charge in [0.2, 0.25) is 0 Å². The zero-order valence-electron chi connectivity index (χ0n) is 15.0. The first kappa shape index (κ1) is 17.6. The molecule has 5 rings (SSSR count). The number of amides is 2. The van der Waals surface area contributed by atoms with E-state index < -0.39 is 5.63 Å². The van der Waals surface area contributed by atoms with Gasteiger partial charge in [0.05, 0.1) is 29.3 Å². The van der Waals surface area contributed by atoms with Gasteiger partial charge in [-0.25, -0.2) is 9.78 Å². The first-order valence-corrected chi connectivity index (χ1v) is 10.2. The molecule has 28 heavy (non-hydrogen) atoms. The lowest BCUT2D eigenvalue weighted by Gasteiger charge is -2.29. The van der Waals surface area contributed by atoms with Crippen molar-refractivity contribution in [3.63, 3.8) is 0 Å². The number of fused-ring (bicyclic) bond motifs is 1. The Morgan fingerprint density at radius 3 is 3.04 bits per heavy atom. The van der Waals surface area contributed by atoms with Crippen molar-refractivity contribution in [3.05, 3.63) is 51.0 Å². The Hall–Kier alpha value is -2.52. The minimum absolute atomic E-state index is 0.118. The Bertz CT molecular complexity index is 954. The van der Waals surface area contributed by atoms with Crippen molar-refractivity contribution in [2.24, 2.45) is 11.8 Å². The Morgan fingerprint density at radius 2 is 2.29 bits per heavy atom. The van der Waals surface area contributed by atoms with Gasteiger partial charge in [0.1, 0.15) is 12.0 Å². The average Bonchev–Trinajstić information content (AvgIpc) is 3.46. The van der Waals surface area contributed by atoms with Crippen LogP contribution in [0.4, 0.5) is 0 Å². The van der Waals surface area contributed by atoms with Crippen LogP contribution in [0, 0.1) is 11.8 Å². The number of thiazole rings is 1. The third kappa shape index (κ3) is 2.77. The largest absolute Gasteiger partial charge is 0.430 e. The second-order valence-electron chi connectivity index (χ2n) is 7.64. The van der Waals surface area contributed by atoms with Crippen LogP contribution in [-0.2, 0) is 4.74 Å². The monoisotopic (exact) mass is 401 g/mol. The molecule has 0 aliphatic carbocycles. The maximum absolute atomic E-state index is 12.8. The number of aromatic nitrogens is 1. The van der Waals surface area contributed by atoms with Crippen LogP contribution in [-0.4, -0.2) is 53.0 Å². The summed E-state index contributed by atoms with van der Waals surface area (Å²) in [4.78, 5) is 42.0. The van der Waals surface area contributed by atoms with Crippen LogP contribution in [0.1, 0.15) is 33.7 Å². The van der Waals surface area contributed by atoms with Gasteiger partial charge in [0, 0.05) is 36.4 Å². The molecular formula is C19H19N3O5S. The van der Waals surface area contributed by atoms with E-state index in [-0.39, 0.29) is 35.4 Å².